The molecule has 362 valence electrons. The highest BCUT2D eigenvalue weighted by atomic mass is 16.7. The summed E-state index contributed by atoms with van der Waals surface area (Å²) in [7, 11) is 9.04. The maximum absolute atomic E-state index is 13.5. The number of ether oxygens (including phenoxy) is 9. The zero-order chi connectivity index (χ0) is 46.8. The van der Waals surface area contributed by atoms with E-state index in [9.17, 15) is 29.7 Å². The van der Waals surface area contributed by atoms with E-state index in [4.69, 9.17) is 42.6 Å². The Morgan fingerprint density at radius 1 is 0.905 bits per heavy atom. The Bertz CT molecular complexity index is 1490. The number of aliphatic hydroxyl groups is 3. The van der Waals surface area contributed by atoms with Crippen LogP contribution in [0.5, 0.6) is 0 Å². The van der Waals surface area contributed by atoms with Crippen molar-refractivity contribution in [2.24, 2.45) is 11.8 Å². The van der Waals surface area contributed by atoms with Crippen LogP contribution < -0.4 is 0 Å². The molecule has 3 saturated heterocycles. The second-order valence-electron chi connectivity index (χ2n) is 18.6. The molecule has 63 heavy (non-hydrogen) atoms. The lowest BCUT2D eigenvalue weighted by atomic mass is 9.82. The zero-order valence-corrected chi connectivity index (χ0v) is 39.6. The molecule has 0 aliphatic carbocycles. The van der Waals surface area contributed by atoms with Crippen molar-refractivity contribution in [3.8, 4) is 0 Å². The molecule has 3 fully saturated rings. The van der Waals surface area contributed by atoms with Gasteiger partial charge in [-0.3, -0.25) is 9.59 Å². The van der Waals surface area contributed by atoms with E-state index in [0.717, 1.165) is 12.7 Å². The van der Waals surface area contributed by atoms with Gasteiger partial charge in [0.2, 0.25) is 0 Å². The van der Waals surface area contributed by atoms with Crippen LogP contribution in [0, 0.1) is 11.8 Å². The van der Waals surface area contributed by atoms with E-state index in [1.54, 1.807) is 46.7 Å². The van der Waals surface area contributed by atoms with Crippen molar-refractivity contribution in [1.29, 1.82) is 0 Å². The van der Waals surface area contributed by atoms with Gasteiger partial charge in [0.25, 0.3) is 0 Å². The fraction of sp³-hybridized carbons (Fsp3) is 0.848. The van der Waals surface area contributed by atoms with E-state index in [0.29, 0.717) is 19.3 Å². The number of carbonyl (C=O) groups excluding carboxylic acids is 3. The first-order valence-corrected chi connectivity index (χ1v) is 22.7. The van der Waals surface area contributed by atoms with Crippen LogP contribution in [0.2, 0.25) is 0 Å². The van der Waals surface area contributed by atoms with Crippen LogP contribution in [0.1, 0.15) is 99.8 Å². The minimum atomic E-state index is -1.49. The molecule has 0 amide bonds. The number of likely N-dealkylation sites (N-methyl/N-ethyl adjacent to an activating group) is 2. The first kappa shape index (κ1) is 53.2. The molecule has 3 N–H and O–H groups in total. The van der Waals surface area contributed by atoms with Crippen LogP contribution >= 0.6 is 0 Å². The number of aldehydes is 1. The van der Waals surface area contributed by atoms with E-state index in [1.165, 1.54) is 14.0 Å². The van der Waals surface area contributed by atoms with Gasteiger partial charge in [-0.15, -0.1) is 0 Å². The predicted octanol–water partition coefficient (Wildman–Crippen LogP) is 3.29. The third-order valence-corrected chi connectivity index (χ3v) is 12.9. The van der Waals surface area contributed by atoms with Crippen LogP contribution in [0.15, 0.2) is 24.3 Å². The quantitative estimate of drug-likeness (QED) is 0.180. The number of rotatable bonds is 13. The average Bonchev–Trinajstić information content (AvgIpc) is 3.19. The van der Waals surface area contributed by atoms with Gasteiger partial charge in [-0.25, -0.2) is 0 Å². The third-order valence-electron chi connectivity index (χ3n) is 12.9. The van der Waals surface area contributed by atoms with Crippen LogP contribution in [0.4, 0.5) is 0 Å². The van der Waals surface area contributed by atoms with Gasteiger partial charge in [-0.2, -0.15) is 0 Å². The zero-order valence-electron chi connectivity index (χ0n) is 39.6. The molecule has 4 aliphatic heterocycles. The fourth-order valence-corrected chi connectivity index (χ4v) is 9.44. The van der Waals surface area contributed by atoms with Gasteiger partial charge in [0.15, 0.2) is 18.9 Å². The predicted molar refractivity (Wildman–Crippen MR) is 231 cm³/mol. The van der Waals surface area contributed by atoms with E-state index in [-0.39, 0.29) is 43.7 Å². The SMILES string of the molecule is CCC(=O)O[C@@H]1CC(=O)O[C@H](C)C/C=C/C=C/[C@H](O[C@@H]2CC[C@H](N(C)C)[C@@H](C)O2)[C@H](C)C[C@H](CC=O)[C@H](OC2O[C@H](C)[C@@H](O[C@H]3C[C@@](C)(O)[C@@H](O)[C@H](C)O3)[C@H](N(C)C)[C@H]2O)[C@H]1OC. The summed E-state index contributed by atoms with van der Waals surface area (Å²) in [6.07, 6.45) is -1.76. The molecule has 0 aromatic heterocycles. The minimum absolute atomic E-state index is 0.0117. The Kier molecular flexibility index (Phi) is 20.6. The molecule has 4 heterocycles. The Labute approximate surface area is 374 Å². The van der Waals surface area contributed by atoms with Gasteiger partial charge in [0.1, 0.15) is 42.9 Å². The van der Waals surface area contributed by atoms with Gasteiger partial charge < -0.3 is 72.5 Å². The molecule has 19 atom stereocenters. The molecule has 0 aromatic carbocycles. The van der Waals surface area contributed by atoms with E-state index in [1.807, 2.05) is 52.2 Å². The van der Waals surface area contributed by atoms with Crippen LogP contribution in [-0.4, -0.2) is 182 Å². The minimum Gasteiger partial charge on any atom is -0.462 e. The summed E-state index contributed by atoms with van der Waals surface area (Å²) < 4.78 is 56.7. The standard InChI is InChI=1S/C46H78N2O15/c1-13-35(50)60-34-24-36(51)56-27(3)17-15-14-16-18-33(61-37-20-19-32(47(8)9)28(4)57-37)26(2)23-31(21-22-49)42(43(34)55-12)63-45-40(52)39(48(10)11)41(29(5)59-45)62-38-25-46(7,54)44(53)30(6)58-38/h14-16,18,22,26-34,37-45,52-54H,13,17,19-21,23-25H2,1-12H3/b15-14+,18-16+/t26-,27-,28-,29-,30+,31+,32+,33+,34-,37-,38+,39-,40-,41-,42+,43+,44+,45?,46-/m1/s1. The van der Waals surface area contributed by atoms with Crippen molar-refractivity contribution in [2.75, 3.05) is 35.3 Å². The molecule has 4 rings (SSSR count). The van der Waals surface area contributed by atoms with Crippen LogP contribution in [-0.2, 0) is 57.0 Å². The van der Waals surface area contributed by atoms with Crippen molar-refractivity contribution in [3.05, 3.63) is 24.3 Å². The first-order chi connectivity index (χ1) is 29.7. The number of nitrogens with zero attached hydrogens (tertiary/aromatic N) is 2. The summed E-state index contributed by atoms with van der Waals surface area (Å²) in [5, 5.41) is 33.7. The van der Waals surface area contributed by atoms with Crippen molar-refractivity contribution in [1.82, 2.24) is 9.80 Å². The topological polar surface area (TPSA) is 201 Å². The number of cyclic esters (lactones) is 1. The van der Waals surface area contributed by atoms with E-state index < -0.39 is 109 Å². The number of hydrogen-bond donors (Lipinski definition) is 3. The molecule has 1 unspecified atom stereocenters. The number of carbonyl (C=O) groups is 3. The van der Waals surface area contributed by atoms with Crippen molar-refractivity contribution in [2.45, 2.75) is 204 Å². The van der Waals surface area contributed by atoms with Crippen molar-refractivity contribution >= 4 is 18.2 Å². The van der Waals surface area contributed by atoms with Gasteiger partial charge in [-0.05, 0) is 93.9 Å². The Balaban J connectivity index is 1.74. The highest BCUT2D eigenvalue weighted by Gasteiger charge is 2.52. The lowest BCUT2D eigenvalue weighted by Crippen LogP contribution is -2.65. The summed E-state index contributed by atoms with van der Waals surface area (Å²) in [5.41, 5.74) is -1.49. The number of allylic oxidation sites excluding steroid dienone is 2. The Morgan fingerprint density at radius 2 is 1.60 bits per heavy atom. The van der Waals surface area contributed by atoms with Gasteiger partial charge in [0, 0.05) is 38.8 Å². The maximum Gasteiger partial charge on any atom is 0.309 e. The summed E-state index contributed by atoms with van der Waals surface area (Å²) >= 11 is 0. The molecule has 0 spiro atoms. The van der Waals surface area contributed by atoms with Gasteiger partial charge >= 0.3 is 11.9 Å². The van der Waals surface area contributed by atoms with Gasteiger partial charge in [-0.1, -0.05) is 38.2 Å². The summed E-state index contributed by atoms with van der Waals surface area (Å²) in [6.45, 7) is 12.4. The fourth-order valence-electron chi connectivity index (χ4n) is 9.44. The maximum atomic E-state index is 13.5. The second-order valence-corrected chi connectivity index (χ2v) is 18.6. The molecule has 17 nitrogen and oxygen atoms in total. The largest absolute Gasteiger partial charge is 0.462 e. The second kappa shape index (κ2) is 24.4. The average molecular weight is 899 g/mol. The lowest BCUT2D eigenvalue weighted by molar-refractivity contribution is -0.344. The summed E-state index contributed by atoms with van der Waals surface area (Å²) in [5.74, 6) is -2.12. The molecule has 0 bridgehead atoms. The Hall–Kier alpha value is -2.39. The molecule has 17 heteroatoms. The van der Waals surface area contributed by atoms with E-state index >= 15 is 0 Å². The smallest absolute Gasteiger partial charge is 0.309 e. The number of methoxy groups -OCH3 is 1. The number of esters is 2. The first-order valence-electron chi connectivity index (χ1n) is 22.7. The summed E-state index contributed by atoms with van der Waals surface area (Å²) in [4.78, 5) is 43.2. The Morgan fingerprint density at radius 3 is 2.21 bits per heavy atom. The van der Waals surface area contributed by atoms with Crippen molar-refractivity contribution in [3.63, 3.8) is 0 Å². The highest BCUT2D eigenvalue weighted by Crippen LogP contribution is 2.38. The lowest BCUT2D eigenvalue weighted by Gasteiger charge is -2.50. The van der Waals surface area contributed by atoms with Gasteiger partial charge in [0.05, 0.1) is 48.6 Å². The molecular formula is C46H78N2O15. The molecule has 4 aliphatic rings. The highest BCUT2D eigenvalue weighted by molar-refractivity contribution is 5.72. The number of aliphatic hydroxyl groups excluding tert-OH is 2. The van der Waals surface area contributed by atoms with Crippen LogP contribution in [0.25, 0.3) is 0 Å². The molecule has 0 radical (unpaired) electrons. The molecule has 0 aromatic rings. The number of hydrogen-bond acceptors (Lipinski definition) is 17. The third kappa shape index (κ3) is 14.5. The normalized spacial score (nSPS) is 43.5. The summed E-state index contributed by atoms with van der Waals surface area (Å²) in [6, 6.07) is -0.510. The van der Waals surface area contributed by atoms with Crippen LogP contribution in [0.3, 0.4) is 0 Å². The molecule has 0 saturated carbocycles. The monoisotopic (exact) mass is 899 g/mol. The van der Waals surface area contributed by atoms with Crippen molar-refractivity contribution < 1.29 is 72.3 Å². The molecular weight excluding hydrogens is 821 g/mol. The van der Waals surface area contributed by atoms with E-state index in [2.05, 4.69) is 4.90 Å².